The average Bonchev–Trinajstić information content (AvgIpc) is 3.28. The molecule has 172 valence electrons. The van der Waals surface area contributed by atoms with E-state index in [0.717, 1.165) is 42.4 Å². The predicted molar refractivity (Wildman–Crippen MR) is 128 cm³/mol. The summed E-state index contributed by atoms with van der Waals surface area (Å²) in [5.74, 6) is 0.475. The Morgan fingerprint density at radius 3 is 2.34 bits per heavy atom. The lowest BCUT2D eigenvalue weighted by molar-refractivity contribution is -0.142. The molecule has 32 heavy (non-hydrogen) atoms. The van der Waals surface area contributed by atoms with Crippen LogP contribution in [0.4, 0.5) is 0 Å². The third-order valence-corrected chi connectivity index (χ3v) is 6.13. The molecule has 2 amide bonds. The molecular formula is C27H36N2O3. The van der Waals surface area contributed by atoms with Crippen LogP contribution >= 0.6 is 0 Å². The number of amides is 2. The molecule has 0 saturated heterocycles. The number of rotatable bonds is 10. The Morgan fingerprint density at radius 2 is 1.72 bits per heavy atom. The lowest BCUT2D eigenvalue weighted by Crippen LogP contribution is -2.52. The highest BCUT2D eigenvalue weighted by Crippen LogP contribution is 2.19. The SMILES string of the molecule is CCC(C(=O)NC1CCCC1)N(CCc1ccccc1)C(=O)COc1cc(C)cc(C)c1. The quantitative estimate of drug-likeness (QED) is 0.593. The maximum atomic E-state index is 13.3. The molecule has 3 rings (SSSR count). The highest BCUT2D eigenvalue weighted by atomic mass is 16.5. The molecule has 5 heteroatoms. The molecule has 0 heterocycles. The Bertz CT molecular complexity index is 871. The van der Waals surface area contributed by atoms with E-state index < -0.39 is 6.04 Å². The molecular weight excluding hydrogens is 400 g/mol. The lowest BCUT2D eigenvalue weighted by atomic mass is 10.1. The van der Waals surface area contributed by atoms with Gasteiger partial charge < -0.3 is 15.0 Å². The zero-order chi connectivity index (χ0) is 22.9. The van der Waals surface area contributed by atoms with E-state index in [1.165, 1.54) is 0 Å². The Hall–Kier alpha value is -2.82. The van der Waals surface area contributed by atoms with Crippen LogP contribution < -0.4 is 10.1 Å². The summed E-state index contributed by atoms with van der Waals surface area (Å²) in [6, 6.07) is 15.7. The maximum absolute atomic E-state index is 13.3. The van der Waals surface area contributed by atoms with Crippen LogP contribution in [-0.4, -0.2) is 41.9 Å². The summed E-state index contributed by atoms with van der Waals surface area (Å²) >= 11 is 0. The highest BCUT2D eigenvalue weighted by Gasteiger charge is 2.30. The van der Waals surface area contributed by atoms with Gasteiger partial charge >= 0.3 is 0 Å². The Morgan fingerprint density at radius 1 is 1.06 bits per heavy atom. The van der Waals surface area contributed by atoms with Crippen molar-refractivity contribution in [2.24, 2.45) is 0 Å². The van der Waals surface area contributed by atoms with Gasteiger partial charge in [0.25, 0.3) is 5.91 Å². The van der Waals surface area contributed by atoms with E-state index in [1.54, 1.807) is 4.90 Å². The van der Waals surface area contributed by atoms with Crippen molar-refractivity contribution in [3.63, 3.8) is 0 Å². The van der Waals surface area contributed by atoms with Gasteiger partial charge in [0, 0.05) is 12.6 Å². The number of hydrogen-bond acceptors (Lipinski definition) is 3. The van der Waals surface area contributed by atoms with Crippen molar-refractivity contribution in [2.75, 3.05) is 13.2 Å². The van der Waals surface area contributed by atoms with Crippen LogP contribution in [0.1, 0.15) is 55.7 Å². The van der Waals surface area contributed by atoms with Gasteiger partial charge in [0.15, 0.2) is 6.61 Å². The molecule has 0 spiro atoms. The predicted octanol–water partition coefficient (Wildman–Crippen LogP) is 4.59. The van der Waals surface area contributed by atoms with E-state index in [-0.39, 0.29) is 24.5 Å². The fraction of sp³-hybridized carbons (Fsp3) is 0.481. The number of carbonyl (C=O) groups is 2. The summed E-state index contributed by atoms with van der Waals surface area (Å²) in [7, 11) is 0. The average molecular weight is 437 g/mol. The molecule has 0 bridgehead atoms. The second-order valence-corrected chi connectivity index (χ2v) is 8.85. The molecule has 0 radical (unpaired) electrons. The number of aryl methyl sites for hydroxylation is 2. The minimum atomic E-state index is -0.491. The molecule has 1 aliphatic carbocycles. The first-order valence-electron chi connectivity index (χ1n) is 11.8. The van der Waals surface area contributed by atoms with Gasteiger partial charge in [0.05, 0.1) is 0 Å². The molecule has 1 atom stereocenters. The second kappa shape index (κ2) is 11.7. The molecule has 0 aliphatic heterocycles. The Labute approximate surface area is 192 Å². The molecule has 1 fully saturated rings. The van der Waals surface area contributed by atoms with Gasteiger partial charge in [-0.1, -0.05) is 56.2 Å². The van der Waals surface area contributed by atoms with Crippen molar-refractivity contribution in [3.8, 4) is 5.75 Å². The zero-order valence-corrected chi connectivity index (χ0v) is 19.6. The number of nitrogens with one attached hydrogen (secondary N) is 1. The fourth-order valence-electron chi connectivity index (χ4n) is 4.51. The number of nitrogens with zero attached hydrogens (tertiary/aromatic N) is 1. The lowest BCUT2D eigenvalue weighted by Gasteiger charge is -2.31. The minimum absolute atomic E-state index is 0.0489. The van der Waals surface area contributed by atoms with Crippen LogP contribution in [0.15, 0.2) is 48.5 Å². The van der Waals surface area contributed by atoms with Gasteiger partial charge in [-0.3, -0.25) is 9.59 Å². The van der Waals surface area contributed by atoms with Gasteiger partial charge in [-0.15, -0.1) is 0 Å². The van der Waals surface area contributed by atoms with Crippen molar-refractivity contribution in [1.29, 1.82) is 0 Å². The van der Waals surface area contributed by atoms with E-state index in [4.69, 9.17) is 4.74 Å². The smallest absolute Gasteiger partial charge is 0.261 e. The van der Waals surface area contributed by atoms with E-state index in [0.29, 0.717) is 25.1 Å². The molecule has 1 saturated carbocycles. The van der Waals surface area contributed by atoms with Crippen LogP contribution in [0.2, 0.25) is 0 Å². The first kappa shape index (κ1) is 23.8. The summed E-state index contributed by atoms with van der Waals surface area (Å²) in [4.78, 5) is 28.1. The number of hydrogen-bond donors (Lipinski definition) is 1. The van der Waals surface area contributed by atoms with E-state index in [9.17, 15) is 9.59 Å². The maximum Gasteiger partial charge on any atom is 0.261 e. The Balaban J connectivity index is 1.71. The molecule has 0 aromatic heterocycles. The van der Waals surface area contributed by atoms with Gasteiger partial charge in [0.1, 0.15) is 11.8 Å². The van der Waals surface area contributed by atoms with Crippen molar-refractivity contribution in [3.05, 3.63) is 65.2 Å². The minimum Gasteiger partial charge on any atom is -0.484 e. The van der Waals surface area contributed by atoms with Crippen molar-refractivity contribution >= 4 is 11.8 Å². The van der Waals surface area contributed by atoms with E-state index >= 15 is 0 Å². The normalized spacial score (nSPS) is 14.7. The first-order valence-corrected chi connectivity index (χ1v) is 11.8. The second-order valence-electron chi connectivity index (χ2n) is 8.85. The van der Waals surface area contributed by atoms with Crippen LogP contribution in [-0.2, 0) is 16.0 Å². The van der Waals surface area contributed by atoms with E-state index in [1.807, 2.05) is 63.2 Å². The first-order chi connectivity index (χ1) is 15.5. The summed E-state index contributed by atoms with van der Waals surface area (Å²) in [6.45, 7) is 6.38. The number of carbonyl (C=O) groups excluding carboxylic acids is 2. The summed E-state index contributed by atoms with van der Waals surface area (Å²) in [5.41, 5.74) is 3.33. The topological polar surface area (TPSA) is 58.6 Å². The summed E-state index contributed by atoms with van der Waals surface area (Å²) in [5, 5.41) is 3.18. The number of ether oxygens (including phenoxy) is 1. The third kappa shape index (κ3) is 6.84. The Kier molecular flexibility index (Phi) is 8.72. The number of benzene rings is 2. The van der Waals surface area contributed by atoms with Crippen molar-refractivity contribution in [2.45, 2.75) is 71.4 Å². The van der Waals surface area contributed by atoms with Gasteiger partial charge in [-0.25, -0.2) is 0 Å². The molecule has 1 aliphatic rings. The van der Waals surface area contributed by atoms with Crippen molar-refractivity contribution in [1.82, 2.24) is 10.2 Å². The van der Waals surface area contributed by atoms with Crippen molar-refractivity contribution < 1.29 is 14.3 Å². The third-order valence-electron chi connectivity index (χ3n) is 6.13. The summed E-state index contributed by atoms with van der Waals surface area (Å²) in [6.07, 6.45) is 5.63. The van der Waals surface area contributed by atoms with Crippen LogP contribution in [0, 0.1) is 13.8 Å². The van der Waals surface area contributed by atoms with Gasteiger partial charge in [-0.05, 0) is 68.4 Å². The molecule has 5 nitrogen and oxygen atoms in total. The monoisotopic (exact) mass is 436 g/mol. The van der Waals surface area contributed by atoms with Crippen LogP contribution in [0.5, 0.6) is 5.75 Å². The largest absolute Gasteiger partial charge is 0.484 e. The van der Waals surface area contributed by atoms with E-state index in [2.05, 4.69) is 11.4 Å². The van der Waals surface area contributed by atoms with Crippen LogP contribution in [0.25, 0.3) is 0 Å². The molecule has 1 unspecified atom stereocenters. The van der Waals surface area contributed by atoms with Crippen LogP contribution in [0.3, 0.4) is 0 Å². The molecule has 2 aromatic carbocycles. The standard InChI is InChI=1S/C27H36N2O3/c1-4-25(27(31)28-23-12-8-9-13-23)29(15-14-22-10-6-5-7-11-22)26(30)19-32-24-17-20(2)16-21(3)18-24/h5-7,10-11,16-18,23,25H,4,8-9,12-15,19H2,1-3H3,(H,28,31). The molecule has 1 N–H and O–H groups in total. The molecule has 2 aromatic rings. The van der Waals surface area contributed by atoms with Gasteiger partial charge in [-0.2, -0.15) is 0 Å². The highest BCUT2D eigenvalue weighted by molar-refractivity contribution is 5.88. The summed E-state index contributed by atoms with van der Waals surface area (Å²) < 4.78 is 5.85. The van der Waals surface area contributed by atoms with Gasteiger partial charge in [0.2, 0.25) is 5.91 Å². The fourth-order valence-corrected chi connectivity index (χ4v) is 4.51. The zero-order valence-electron chi connectivity index (χ0n) is 19.6.